The first-order valence-electron chi connectivity index (χ1n) is 10.6. The Bertz CT molecular complexity index is 789. The van der Waals surface area contributed by atoms with Crippen molar-refractivity contribution in [2.75, 3.05) is 32.8 Å². The summed E-state index contributed by atoms with van der Waals surface area (Å²) in [6.07, 6.45) is 2.93. The lowest BCUT2D eigenvalue weighted by molar-refractivity contribution is -0.139. The third-order valence-electron chi connectivity index (χ3n) is 6.47. The van der Waals surface area contributed by atoms with E-state index in [9.17, 15) is 23.1 Å². The van der Waals surface area contributed by atoms with Crippen LogP contribution in [-0.4, -0.2) is 108 Å². The van der Waals surface area contributed by atoms with Crippen LogP contribution in [0.25, 0.3) is 0 Å². The van der Waals surface area contributed by atoms with Crippen molar-refractivity contribution in [3.8, 4) is 0 Å². The minimum absolute atomic E-state index is 0.0833. The zero-order chi connectivity index (χ0) is 22.2. The fourth-order valence-corrected chi connectivity index (χ4v) is 5.23. The molecule has 0 aromatic carbocycles. The molecule has 4 saturated heterocycles. The van der Waals surface area contributed by atoms with Gasteiger partial charge in [0.15, 0.2) is 0 Å². The molecule has 4 rings (SSSR count). The van der Waals surface area contributed by atoms with Gasteiger partial charge in [-0.3, -0.25) is 19.1 Å². The Balaban J connectivity index is 1.21. The van der Waals surface area contributed by atoms with E-state index in [0.29, 0.717) is 23.9 Å². The van der Waals surface area contributed by atoms with Crippen LogP contribution in [0.2, 0.25) is 0 Å². The number of hydrogen-bond acceptors (Lipinski definition) is 9. The number of piperidine rings is 2. The number of urea groups is 1. The van der Waals surface area contributed by atoms with Gasteiger partial charge in [-0.15, -0.1) is 4.28 Å². The molecule has 0 spiro atoms. The van der Waals surface area contributed by atoms with Crippen molar-refractivity contribution < 1.29 is 36.8 Å². The molecule has 3 amide bonds. The monoisotopic (exact) mass is 463 g/mol. The van der Waals surface area contributed by atoms with Crippen molar-refractivity contribution in [2.45, 2.75) is 62.4 Å². The number of fused-ring (bicyclic) bond motifs is 2. The largest absolute Gasteiger partial charge is 0.418 e. The molecule has 0 aromatic heterocycles. The minimum atomic E-state index is -4.83. The van der Waals surface area contributed by atoms with Crippen molar-refractivity contribution in [1.29, 1.82) is 0 Å². The van der Waals surface area contributed by atoms with Crippen LogP contribution in [-0.2, 0) is 24.3 Å². The van der Waals surface area contributed by atoms with Crippen LogP contribution in [0.3, 0.4) is 0 Å². The Morgan fingerprint density at radius 3 is 2.65 bits per heavy atom. The number of carbonyl (C=O) groups excluding carboxylic acids is 2. The molecule has 0 aromatic rings. The van der Waals surface area contributed by atoms with Crippen LogP contribution < -0.4 is 10.8 Å². The number of rotatable bonds is 7. The molecule has 4 N–H and O–H groups in total. The van der Waals surface area contributed by atoms with Gasteiger partial charge in [-0.1, -0.05) is 0 Å². The zero-order valence-electron chi connectivity index (χ0n) is 17.1. The fourth-order valence-electron chi connectivity index (χ4n) is 4.84. The van der Waals surface area contributed by atoms with E-state index in [4.69, 9.17) is 9.39 Å². The maximum absolute atomic E-state index is 12.5. The highest BCUT2D eigenvalue weighted by atomic mass is 32.3. The fraction of sp³-hybridized carbons (Fsp3) is 0.882. The minimum Gasteiger partial charge on any atom is -0.393 e. The van der Waals surface area contributed by atoms with Gasteiger partial charge in [0.25, 0.3) is 5.91 Å². The van der Waals surface area contributed by atoms with Crippen molar-refractivity contribution in [3.05, 3.63) is 0 Å². The third kappa shape index (κ3) is 5.27. The standard InChI is InChI=1S/C17H29N5O8S/c23-14-3-5-20(6-4-14)13-7-11(18-8-13)10-29-19-16(24)15-2-1-12-9-21(15)17(25)22(12)30-31(26,27)28/h11-15,18,23H,1-10H2,(H,19,24)(H,26,27,28)/t11-,12+,13+,15-/m0/s1. The molecular weight excluding hydrogens is 434 g/mol. The first kappa shape index (κ1) is 22.6. The lowest BCUT2D eigenvalue weighted by Gasteiger charge is -2.34. The second-order valence-corrected chi connectivity index (χ2v) is 9.55. The van der Waals surface area contributed by atoms with Gasteiger partial charge in [-0.05, 0) is 32.1 Å². The van der Waals surface area contributed by atoms with Crippen LogP contribution >= 0.6 is 0 Å². The number of nitrogens with one attached hydrogen (secondary N) is 2. The summed E-state index contributed by atoms with van der Waals surface area (Å²) >= 11 is 0. The predicted octanol–water partition coefficient (Wildman–Crippen LogP) is -1.78. The second-order valence-electron chi connectivity index (χ2n) is 8.55. The molecule has 0 saturated carbocycles. The van der Waals surface area contributed by atoms with Gasteiger partial charge in [0, 0.05) is 38.3 Å². The van der Waals surface area contributed by atoms with Gasteiger partial charge in [-0.2, -0.15) is 13.5 Å². The van der Waals surface area contributed by atoms with E-state index in [0.717, 1.165) is 38.9 Å². The summed E-state index contributed by atoms with van der Waals surface area (Å²) in [7, 11) is -4.83. The predicted molar refractivity (Wildman–Crippen MR) is 104 cm³/mol. The van der Waals surface area contributed by atoms with Gasteiger partial charge >= 0.3 is 16.4 Å². The molecule has 0 unspecified atom stereocenters. The second kappa shape index (κ2) is 9.13. The van der Waals surface area contributed by atoms with Gasteiger partial charge in [0.05, 0.1) is 18.8 Å². The van der Waals surface area contributed by atoms with Gasteiger partial charge in [-0.25, -0.2) is 10.3 Å². The third-order valence-corrected chi connectivity index (χ3v) is 6.82. The number of likely N-dealkylation sites (tertiary alicyclic amines) is 1. The van der Waals surface area contributed by atoms with E-state index >= 15 is 0 Å². The van der Waals surface area contributed by atoms with E-state index < -0.39 is 34.4 Å². The highest BCUT2D eigenvalue weighted by Crippen LogP contribution is 2.30. The molecule has 4 atom stereocenters. The molecule has 4 fully saturated rings. The molecule has 2 bridgehead atoms. The average molecular weight is 464 g/mol. The lowest BCUT2D eigenvalue weighted by Crippen LogP contribution is -2.50. The van der Waals surface area contributed by atoms with Gasteiger partial charge < -0.3 is 15.3 Å². The zero-order valence-corrected chi connectivity index (χ0v) is 17.9. The molecule has 4 aliphatic rings. The number of hydrogen-bond donors (Lipinski definition) is 4. The highest BCUT2D eigenvalue weighted by Gasteiger charge is 2.49. The van der Waals surface area contributed by atoms with Gasteiger partial charge in [0.1, 0.15) is 6.04 Å². The van der Waals surface area contributed by atoms with E-state index in [1.165, 1.54) is 4.90 Å². The SMILES string of the molecule is O=C(NOC[C@@H]1C[C@@H](N2CCC(O)CC2)CN1)[C@@H]1CC[C@@H]2CN1C(=O)N2OS(=O)(=O)O. The molecule has 0 radical (unpaired) electrons. The van der Waals surface area contributed by atoms with Crippen molar-refractivity contribution in [1.82, 2.24) is 25.7 Å². The molecular formula is C17H29N5O8S. The van der Waals surface area contributed by atoms with E-state index in [2.05, 4.69) is 20.0 Å². The summed E-state index contributed by atoms with van der Waals surface area (Å²) in [4.78, 5) is 33.9. The van der Waals surface area contributed by atoms with Crippen LogP contribution in [0, 0.1) is 0 Å². The normalized spacial score (nSPS) is 32.6. The summed E-state index contributed by atoms with van der Waals surface area (Å²) in [6.45, 7) is 2.99. The molecule has 0 aliphatic carbocycles. The molecule has 4 heterocycles. The summed E-state index contributed by atoms with van der Waals surface area (Å²) in [5.41, 5.74) is 2.40. The number of carbonyl (C=O) groups is 2. The summed E-state index contributed by atoms with van der Waals surface area (Å²) in [5.74, 6) is -0.486. The van der Waals surface area contributed by atoms with Crippen LogP contribution in [0.5, 0.6) is 0 Å². The Kier molecular flexibility index (Phi) is 6.67. The van der Waals surface area contributed by atoms with Gasteiger partial charge in [0.2, 0.25) is 0 Å². The van der Waals surface area contributed by atoms with Crippen molar-refractivity contribution in [2.24, 2.45) is 0 Å². The Morgan fingerprint density at radius 2 is 1.94 bits per heavy atom. The Labute approximate surface area is 180 Å². The molecule has 13 nitrogen and oxygen atoms in total. The highest BCUT2D eigenvalue weighted by molar-refractivity contribution is 7.80. The number of aliphatic hydroxyl groups is 1. The maximum Gasteiger partial charge on any atom is 0.418 e. The lowest BCUT2D eigenvalue weighted by atomic mass is 10.0. The van der Waals surface area contributed by atoms with Crippen LogP contribution in [0.15, 0.2) is 0 Å². The van der Waals surface area contributed by atoms with Crippen molar-refractivity contribution >= 4 is 22.3 Å². The average Bonchev–Trinajstić information content (AvgIpc) is 3.27. The quantitative estimate of drug-likeness (QED) is 0.251. The number of nitrogens with zero attached hydrogens (tertiary/aromatic N) is 3. The van der Waals surface area contributed by atoms with Crippen LogP contribution in [0.4, 0.5) is 4.79 Å². The number of amides is 3. The van der Waals surface area contributed by atoms with E-state index in [1.54, 1.807) is 0 Å². The number of hydroxylamine groups is 3. The topological polar surface area (TPSA) is 161 Å². The maximum atomic E-state index is 12.5. The first-order valence-corrected chi connectivity index (χ1v) is 11.9. The first-order chi connectivity index (χ1) is 14.7. The smallest absolute Gasteiger partial charge is 0.393 e. The van der Waals surface area contributed by atoms with Crippen LogP contribution in [0.1, 0.15) is 32.1 Å². The Hall–Kier alpha value is -1.55. The Morgan fingerprint density at radius 1 is 1.19 bits per heavy atom. The molecule has 14 heteroatoms. The number of aliphatic hydroxyl groups excluding tert-OH is 1. The van der Waals surface area contributed by atoms with Crippen molar-refractivity contribution in [3.63, 3.8) is 0 Å². The molecule has 176 valence electrons. The van der Waals surface area contributed by atoms with E-state index in [1.807, 2.05) is 0 Å². The summed E-state index contributed by atoms with van der Waals surface area (Å²) in [5, 5.41) is 13.6. The molecule has 31 heavy (non-hydrogen) atoms. The molecule has 4 aliphatic heterocycles. The summed E-state index contributed by atoms with van der Waals surface area (Å²) < 4.78 is 35.1. The summed E-state index contributed by atoms with van der Waals surface area (Å²) in [6, 6.07) is -1.67. The van der Waals surface area contributed by atoms with E-state index in [-0.39, 0.29) is 25.3 Å².